The van der Waals surface area contributed by atoms with Crippen molar-refractivity contribution >= 4 is 5.91 Å². The summed E-state index contributed by atoms with van der Waals surface area (Å²) < 4.78 is 5.36. The summed E-state index contributed by atoms with van der Waals surface area (Å²) in [6.45, 7) is 1.60. The number of likely N-dealkylation sites (tertiary alicyclic amines) is 1. The van der Waals surface area contributed by atoms with Crippen molar-refractivity contribution in [2.45, 2.75) is 19.1 Å². The molecule has 92 valence electrons. The second-order valence-electron chi connectivity index (χ2n) is 4.26. The van der Waals surface area contributed by atoms with E-state index in [1.54, 1.807) is 4.90 Å². The zero-order valence-corrected chi connectivity index (χ0v) is 9.71. The van der Waals surface area contributed by atoms with Gasteiger partial charge in [-0.3, -0.25) is 4.79 Å². The first-order valence-corrected chi connectivity index (χ1v) is 5.83. The highest BCUT2D eigenvalue weighted by Crippen LogP contribution is 2.09. The summed E-state index contributed by atoms with van der Waals surface area (Å²) in [5.41, 5.74) is 1.06. The Kier molecular flexibility index (Phi) is 4.12. The molecule has 2 rings (SSSR count). The minimum Gasteiger partial charge on any atom is -0.391 e. The number of hydrogen-bond donors (Lipinski definition) is 1. The molecule has 4 nitrogen and oxygen atoms in total. The van der Waals surface area contributed by atoms with Crippen LogP contribution in [0.1, 0.15) is 12.0 Å². The molecule has 1 N–H and O–H groups in total. The van der Waals surface area contributed by atoms with E-state index in [-0.39, 0.29) is 18.6 Å². The molecule has 0 bridgehead atoms. The highest BCUT2D eigenvalue weighted by molar-refractivity contribution is 5.77. The summed E-state index contributed by atoms with van der Waals surface area (Å²) >= 11 is 0. The normalized spacial score (nSPS) is 19.6. The van der Waals surface area contributed by atoms with Gasteiger partial charge in [0, 0.05) is 13.1 Å². The van der Waals surface area contributed by atoms with Crippen molar-refractivity contribution < 1.29 is 14.6 Å². The van der Waals surface area contributed by atoms with Gasteiger partial charge in [0.25, 0.3) is 0 Å². The number of benzene rings is 1. The zero-order valence-electron chi connectivity index (χ0n) is 9.71. The van der Waals surface area contributed by atoms with Crippen molar-refractivity contribution in [1.82, 2.24) is 4.90 Å². The van der Waals surface area contributed by atoms with Crippen LogP contribution in [0, 0.1) is 0 Å². The largest absolute Gasteiger partial charge is 0.391 e. The lowest BCUT2D eigenvalue weighted by Crippen LogP contribution is -2.32. The Labute approximate surface area is 101 Å². The monoisotopic (exact) mass is 235 g/mol. The van der Waals surface area contributed by atoms with Crippen LogP contribution in [-0.2, 0) is 16.1 Å². The molecule has 17 heavy (non-hydrogen) atoms. The predicted octanol–water partition coefficient (Wildman–Crippen LogP) is 0.796. The molecule has 1 aliphatic heterocycles. The van der Waals surface area contributed by atoms with Gasteiger partial charge in [0.05, 0.1) is 12.7 Å². The number of β-amino-alcohol motifs (C(OH)–C–C–N with tert-alkyl or cyclic N) is 1. The molecule has 1 unspecified atom stereocenters. The van der Waals surface area contributed by atoms with Crippen LogP contribution < -0.4 is 0 Å². The average Bonchev–Trinajstić information content (AvgIpc) is 2.77. The van der Waals surface area contributed by atoms with Crippen molar-refractivity contribution in [3.05, 3.63) is 35.9 Å². The van der Waals surface area contributed by atoms with Gasteiger partial charge >= 0.3 is 0 Å². The minimum absolute atomic E-state index is 0.0440. The van der Waals surface area contributed by atoms with E-state index in [4.69, 9.17) is 4.74 Å². The molecule has 1 aromatic carbocycles. The number of amides is 1. The average molecular weight is 235 g/mol. The Morgan fingerprint density at radius 3 is 2.82 bits per heavy atom. The van der Waals surface area contributed by atoms with E-state index in [9.17, 15) is 9.90 Å². The van der Waals surface area contributed by atoms with Gasteiger partial charge in [-0.2, -0.15) is 0 Å². The van der Waals surface area contributed by atoms with Gasteiger partial charge in [0.2, 0.25) is 5.91 Å². The number of carbonyl (C=O) groups excluding carboxylic acids is 1. The Morgan fingerprint density at radius 1 is 1.41 bits per heavy atom. The fraction of sp³-hybridized carbons (Fsp3) is 0.462. The van der Waals surface area contributed by atoms with Crippen LogP contribution in [0.25, 0.3) is 0 Å². The lowest BCUT2D eigenvalue weighted by molar-refractivity contribution is -0.135. The van der Waals surface area contributed by atoms with Crippen LogP contribution in [0.15, 0.2) is 30.3 Å². The Bertz CT molecular complexity index is 366. The van der Waals surface area contributed by atoms with Gasteiger partial charge < -0.3 is 14.7 Å². The van der Waals surface area contributed by atoms with E-state index in [0.717, 1.165) is 5.56 Å². The van der Waals surface area contributed by atoms with E-state index in [1.165, 1.54) is 0 Å². The standard InChI is InChI=1S/C13H17NO3/c15-12-6-7-14(8-12)13(16)10-17-9-11-4-2-1-3-5-11/h1-5,12,15H,6-10H2. The molecule has 1 atom stereocenters. The first kappa shape index (κ1) is 12.1. The number of ether oxygens (including phenoxy) is 1. The van der Waals surface area contributed by atoms with Crippen molar-refractivity contribution in [3.63, 3.8) is 0 Å². The van der Waals surface area contributed by atoms with Gasteiger partial charge in [-0.1, -0.05) is 30.3 Å². The van der Waals surface area contributed by atoms with Crippen LogP contribution in [0.4, 0.5) is 0 Å². The topological polar surface area (TPSA) is 49.8 Å². The summed E-state index contributed by atoms with van der Waals surface area (Å²) in [7, 11) is 0. The van der Waals surface area contributed by atoms with Gasteiger partial charge in [-0.05, 0) is 12.0 Å². The molecule has 0 aromatic heterocycles. The zero-order chi connectivity index (χ0) is 12.1. The second kappa shape index (κ2) is 5.80. The van der Waals surface area contributed by atoms with Crippen molar-refractivity contribution in [1.29, 1.82) is 0 Å². The second-order valence-corrected chi connectivity index (χ2v) is 4.26. The van der Waals surface area contributed by atoms with E-state index in [2.05, 4.69) is 0 Å². The molecular weight excluding hydrogens is 218 g/mol. The maximum absolute atomic E-state index is 11.7. The molecule has 0 aliphatic carbocycles. The van der Waals surface area contributed by atoms with Crippen LogP contribution >= 0.6 is 0 Å². The van der Waals surface area contributed by atoms with E-state index >= 15 is 0 Å². The van der Waals surface area contributed by atoms with E-state index < -0.39 is 0 Å². The smallest absolute Gasteiger partial charge is 0.248 e. The molecule has 0 radical (unpaired) electrons. The molecule has 1 amide bonds. The SMILES string of the molecule is O=C(COCc1ccccc1)N1CCC(O)C1. The molecule has 1 aliphatic rings. The fourth-order valence-electron chi connectivity index (χ4n) is 1.89. The number of aliphatic hydroxyl groups is 1. The van der Waals surface area contributed by atoms with Crippen LogP contribution in [0.3, 0.4) is 0 Å². The third-order valence-electron chi connectivity index (χ3n) is 2.85. The molecule has 4 heteroatoms. The van der Waals surface area contributed by atoms with Gasteiger partial charge in [-0.15, -0.1) is 0 Å². The van der Waals surface area contributed by atoms with Crippen molar-refractivity contribution in [2.24, 2.45) is 0 Å². The first-order valence-electron chi connectivity index (χ1n) is 5.83. The Morgan fingerprint density at radius 2 is 2.18 bits per heavy atom. The molecular formula is C13H17NO3. The summed E-state index contributed by atoms with van der Waals surface area (Å²) in [5.74, 6) is -0.0440. The van der Waals surface area contributed by atoms with Crippen LogP contribution in [-0.4, -0.2) is 41.7 Å². The predicted molar refractivity (Wildman–Crippen MR) is 63.3 cm³/mol. The molecule has 1 aromatic rings. The highest BCUT2D eigenvalue weighted by atomic mass is 16.5. The number of nitrogens with zero attached hydrogens (tertiary/aromatic N) is 1. The number of rotatable bonds is 4. The lowest BCUT2D eigenvalue weighted by atomic mass is 10.2. The minimum atomic E-state index is -0.368. The maximum atomic E-state index is 11.7. The maximum Gasteiger partial charge on any atom is 0.248 e. The number of carbonyl (C=O) groups is 1. The summed E-state index contributed by atoms with van der Waals surface area (Å²) in [5, 5.41) is 9.32. The third-order valence-corrected chi connectivity index (χ3v) is 2.85. The van der Waals surface area contributed by atoms with Crippen LogP contribution in [0.2, 0.25) is 0 Å². The van der Waals surface area contributed by atoms with E-state index in [0.29, 0.717) is 26.1 Å². The van der Waals surface area contributed by atoms with Crippen LogP contribution in [0.5, 0.6) is 0 Å². The quantitative estimate of drug-likeness (QED) is 0.839. The first-order chi connectivity index (χ1) is 8.25. The Hall–Kier alpha value is -1.39. The van der Waals surface area contributed by atoms with Crippen molar-refractivity contribution in [2.75, 3.05) is 19.7 Å². The van der Waals surface area contributed by atoms with Crippen molar-refractivity contribution in [3.8, 4) is 0 Å². The Balaban J connectivity index is 1.70. The van der Waals surface area contributed by atoms with Gasteiger partial charge in [-0.25, -0.2) is 0 Å². The molecule has 0 saturated carbocycles. The molecule has 1 heterocycles. The lowest BCUT2D eigenvalue weighted by Gasteiger charge is -2.15. The van der Waals surface area contributed by atoms with Gasteiger partial charge in [0.1, 0.15) is 6.61 Å². The summed E-state index contributed by atoms with van der Waals surface area (Å²) in [6.07, 6.45) is 0.304. The highest BCUT2D eigenvalue weighted by Gasteiger charge is 2.24. The summed E-state index contributed by atoms with van der Waals surface area (Å²) in [4.78, 5) is 13.3. The molecule has 0 spiro atoms. The molecule has 1 fully saturated rings. The molecule has 1 saturated heterocycles. The number of aliphatic hydroxyl groups excluding tert-OH is 1. The summed E-state index contributed by atoms with van der Waals surface area (Å²) in [6, 6.07) is 9.75. The fourth-order valence-corrected chi connectivity index (χ4v) is 1.89. The number of hydrogen-bond acceptors (Lipinski definition) is 3. The van der Waals surface area contributed by atoms with E-state index in [1.807, 2.05) is 30.3 Å². The third kappa shape index (κ3) is 3.54. The van der Waals surface area contributed by atoms with Gasteiger partial charge in [0.15, 0.2) is 0 Å².